The molecule has 0 saturated heterocycles. The molecule has 1 aromatic heterocycles. The molecule has 0 fully saturated rings. The molecule has 0 bridgehead atoms. The molecule has 3 aromatic rings. The Morgan fingerprint density at radius 3 is 2.41 bits per heavy atom. The van der Waals surface area contributed by atoms with Crippen molar-refractivity contribution in [2.45, 2.75) is 11.8 Å². The van der Waals surface area contributed by atoms with Crippen LogP contribution in [0.4, 0.5) is 20.0 Å². The minimum Gasteiger partial charge on any atom is -0.390 e. The number of halogens is 2. The average molecular weight is 554 g/mol. The third-order valence-electron chi connectivity index (χ3n) is 6.20. The van der Waals surface area contributed by atoms with Crippen LogP contribution in [0.3, 0.4) is 0 Å². The van der Waals surface area contributed by atoms with Gasteiger partial charge >= 0.3 is 17.1 Å². The van der Waals surface area contributed by atoms with Gasteiger partial charge in [-0.15, -0.1) is 0 Å². The van der Waals surface area contributed by atoms with Crippen LogP contribution in [0.5, 0.6) is 5.75 Å². The SMILES string of the molecule is Cc1cc(/C=C/c2ccc(OS(=O)(=O)c3ccc([N+](=O)[O-])cc3[N+](=O)[O-])cc2)n2c1C=C1C=CC=[N+]1[B-]2(F)F. The molecular weight excluding hydrogens is 537 g/mol. The highest BCUT2D eigenvalue weighted by molar-refractivity contribution is 7.87. The molecule has 0 aliphatic carbocycles. The maximum absolute atomic E-state index is 15.3. The van der Waals surface area contributed by atoms with Crippen molar-refractivity contribution in [3.05, 3.63) is 109 Å². The van der Waals surface area contributed by atoms with Crippen molar-refractivity contribution in [2.24, 2.45) is 0 Å². The number of nitro benzene ring substituents is 2. The maximum Gasteiger partial charge on any atom is 0.737 e. The summed E-state index contributed by atoms with van der Waals surface area (Å²) in [5.74, 6) is -0.180. The molecule has 5 rings (SSSR count). The molecule has 2 aromatic carbocycles. The summed E-state index contributed by atoms with van der Waals surface area (Å²) in [4.78, 5) is 19.4. The summed E-state index contributed by atoms with van der Waals surface area (Å²) in [5.41, 5.74) is 0.647. The van der Waals surface area contributed by atoms with Crippen molar-refractivity contribution >= 4 is 52.9 Å². The summed E-state index contributed by atoms with van der Waals surface area (Å²) in [6.07, 6.45) is 9.27. The van der Waals surface area contributed by atoms with E-state index in [4.69, 9.17) is 4.18 Å². The maximum atomic E-state index is 15.3. The van der Waals surface area contributed by atoms with Crippen LogP contribution < -0.4 is 4.18 Å². The molecule has 2 aliphatic rings. The first-order valence-electron chi connectivity index (χ1n) is 11.3. The fourth-order valence-electron chi connectivity index (χ4n) is 4.39. The normalized spacial score (nSPS) is 15.5. The summed E-state index contributed by atoms with van der Waals surface area (Å²) in [6.45, 7) is -2.36. The molecule has 0 N–H and O–H groups in total. The lowest BCUT2D eigenvalue weighted by Gasteiger charge is -2.29. The highest BCUT2D eigenvalue weighted by Gasteiger charge is 2.50. The summed E-state index contributed by atoms with van der Waals surface area (Å²) < 4.78 is 62.9. The standard InChI is InChI=1S/C24H17BF2N4O7S/c1-16-13-19(29-22(16)14-18-3-2-12-28(18)25(29,26)27)7-4-17-5-9-21(10-6-17)38-39(36,37)24-11-8-20(30(32)33)15-23(24)31(34)35/h2-15H,1H3/b7-4+. The van der Waals surface area contributed by atoms with Crippen molar-refractivity contribution in [3.8, 4) is 5.75 Å². The minimum absolute atomic E-state index is 0.180. The number of rotatable bonds is 7. The van der Waals surface area contributed by atoms with E-state index in [9.17, 15) is 28.6 Å². The quantitative estimate of drug-likeness (QED) is 0.177. The largest absolute Gasteiger partial charge is 0.737 e. The summed E-state index contributed by atoms with van der Waals surface area (Å²) in [6, 6.07) is 9.23. The van der Waals surface area contributed by atoms with E-state index in [1.165, 1.54) is 36.6 Å². The Kier molecular flexibility index (Phi) is 6.02. The molecule has 0 saturated carbocycles. The number of hydrogen-bond donors (Lipinski definition) is 0. The van der Waals surface area contributed by atoms with Crippen molar-refractivity contribution in [1.29, 1.82) is 0 Å². The van der Waals surface area contributed by atoms with Gasteiger partial charge in [-0.2, -0.15) is 8.42 Å². The van der Waals surface area contributed by atoms with Crippen LogP contribution in [0.15, 0.2) is 71.3 Å². The summed E-state index contributed by atoms with van der Waals surface area (Å²) >= 11 is 0. The van der Waals surface area contributed by atoms with Crippen LogP contribution in [0.2, 0.25) is 0 Å². The zero-order valence-electron chi connectivity index (χ0n) is 20.0. The second-order valence-corrected chi connectivity index (χ2v) is 10.2. The summed E-state index contributed by atoms with van der Waals surface area (Å²) in [5, 5.41) is 22.2. The minimum atomic E-state index is -4.71. The lowest BCUT2D eigenvalue weighted by atomic mass is 9.91. The predicted octanol–water partition coefficient (Wildman–Crippen LogP) is 4.78. The third-order valence-corrected chi connectivity index (χ3v) is 7.50. The van der Waals surface area contributed by atoms with Gasteiger partial charge in [0.1, 0.15) is 12.0 Å². The van der Waals surface area contributed by atoms with Crippen molar-refractivity contribution in [2.75, 3.05) is 0 Å². The smallest absolute Gasteiger partial charge is 0.390 e. The van der Waals surface area contributed by atoms with E-state index in [0.29, 0.717) is 28.6 Å². The molecule has 11 nitrogen and oxygen atoms in total. The topological polar surface area (TPSA) is 138 Å². The number of nitro groups is 2. The predicted molar refractivity (Wildman–Crippen MR) is 139 cm³/mol. The Balaban J connectivity index is 1.39. The van der Waals surface area contributed by atoms with Gasteiger partial charge in [0, 0.05) is 35.7 Å². The van der Waals surface area contributed by atoms with Crippen molar-refractivity contribution in [3.63, 3.8) is 0 Å². The van der Waals surface area contributed by atoms with E-state index in [1.54, 1.807) is 37.3 Å². The van der Waals surface area contributed by atoms with Gasteiger partial charge in [-0.1, -0.05) is 18.2 Å². The van der Waals surface area contributed by atoms with Gasteiger partial charge in [0.15, 0.2) is 10.6 Å². The molecule has 0 unspecified atom stereocenters. The number of allylic oxidation sites excluding steroid dienone is 2. The fraction of sp³-hybridized carbons (Fsp3) is 0.0417. The second-order valence-electron chi connectivity index (χ2n) is 8.69. The van der Waals surface area contributed by atoms with Crippen LogP contribution in [0.1, 0.15) is 22.5 Å². The molecule has 2 aliphatic heterocycles. The van der Waals surface area contributed by atoms with Crippen LogP contribution in [-0.2, 0) is 10.1 Å². The number of aryl methyl sites for hydroxylation is 1. The van der Waals surface area contributed by atoms with E-state index >= 15 is 8.63 Å². The van der Waals surface area contributed by atoms with Gasteiger partial charge in [0.2, 0.25) is 0 Å². The lowest BCUT2D eigenvalue weighted by Crippen LogP contribution is -2.49. The van der Waals surface area contributed by atoms with Crippen LogP contribution in [0, 0.1) is 27.2 Å². The number of fused-ring (bicyclic) bond motifs is 2. The van der Waals surface area contributed by atoms with Crippen molar-refractivity contribution < 1.29 is 35.6 Å². The molecule has 198 valence electrons. The van der Waals surface area contributed by atoms with E-state index < -0.39 is 43.2 Å². The zero-order valence-corrected chi connectivity index (χ0v) is 20.8. The Hall–Kier alpha value is -4.92. The van der Waals surface area contributed by atoms with Crippen molar-refractivity contribution in [1.82, 2.24) is 4.48 Å². The molecule has 3 heterocycles. The Labute approximate surface area is 219 Å². The van der Waals surface area contributed by atoms with E-state index in [-0.39, 0.29) is 11.4 Å². The van der Waals surface area contributed by atoms with Gasteiger partial charge in [-0.05, 0) is 48.4 Å². The molecular formula is C24H17BF2N4O7S. The Morgan fingerprint density at radius 1 is 1.03 bits per heavy atom. The van der Waals surface area contributed by atoms with Gasteiger partial charge in [0.05, 0.1) is 15.9 Å². The Bertz CT molecular complexity index is 1790. The number of nitrogens with zero attached hydrogens (tertiary/aromatic N) is 4. The highest BCUT2D eigenvalue weighted by Crippen LogP contribution is 2.34. The van der Waals surface area contributed by atoms with Gasteiger partial charge in [0.25, 0.3) is 11.4 Å². The Morgan fingerprint density at radius 2 is 1.74 bits per heavy atom. The molecule has 15 heteroatoms. The fourth-order valence-corrected chi connectivity index (χ4v) is 5.47. The molecule has 0 amide bonds. The van der Waals surface area contributed by atoms with E-state index in [0.717, 1.165) is 21.1 Å². The van der Waals surface area contributed by atoms with Crippen LogP contribution >= 0.6 is 0 Å². The van der Waals surface area contributed by atoms with E-state index in [2.05, 4.69) is 0 Å². The van der Waals surface area contributed by atoms with E-state index in [1.807, 2.05) is 0 Å². The third kappa shape index (κ3) is 4.52. The molecule has 39 heavy (non-hydrogen) atoms. The number of benzene rings is 2. The average Bonchev–Trinajstić information content (AvgIpc) is 3.48. The number of aromatic nitrogens is 1. The molecule has 0 atom stereocenters. The van der Waals surface area contributed by atoms with Crippen LogP contribution in [-0.4, -0.2) is 40.4 Å². The first-order chi connectivity index (χ1) is 18.4. The molecule has 0 spiro atoms. The van der Waals surface area contributed by atoms with Crippen LogP contribution in [0.25, 0.3) is 18.2 Å². The number of non-ortho nitro benzene ring substituents is 1. The first kappa shape index (κ1) is 25.7. The first-order valence-corrected chi connectivity index (χ1v) is 12.7. The lowest BCUT2D eigenvalue weighted by molar-refractivity contribution is -0.396. The van der Waals surface area contributed by atoms with Gasteiger partial charge in [-0.3, -0.25) is 20.2 Å². The van der Waals surface area contributed by atoms with Gasteiger partial charge < -0.3 is 21.8 Å². The zero-order chi connectivity index (χ0) is 28.1. The highest BCUT2D eigenvalue weighted by atomic mass is 32.2. The summed E-state index contributed by atoms with van der Waals surface area (Å²) in [7, 11) is -4.71. The second kappa shape index (κ2) is 9.13. The monoisotopic (exact) mass is 554 g/mol. The molecule has 0 radical (unpaired) electrons. The number of hydrogen-bond acceptors (Lipinski definition) is 7. The van der Waals surface area contributed by atoms with Gasteiger partial charge in [-0.25, -0.2) is 0 Å².